The Balaban J connectivity index is 2.17. The average molecular weight is 307 g/mol. The second-order valence-electron chi connectivity index (χ2n) is 5.43. The van der Waals surface area contributed by atoms with E-state index in [1.54, 1.807) is 4.90 Å². The lowest BCUT2D eigenvalue weighted by Gasteiger charge is -2.31. The van der Waals surface area contributed by atoms with Crippen molar-refractivity contribution >= 4 is 11.6 Å². The number of nitrogens with zero attached hydrogens (tertiary/aromatic N) is 2. The Morgan fingerprint density at radius 2 is 2.14 bits per heavy atom. The molecular weight excluding hydrogens is 286 g/mol. The fourth-order valence-corrected chi connectivity index (χ4v) is 2.77. The van der Waals surface area contributed by atoms with Gasteiger partial charge in [0.1, 0.15) is 11.3 Å². The standard InChI is InChI=1S/C15H21N3O4/c1-16-10-11-5-7-17(8-6-11)15(19)13-9-12(22-2)3-4-14(13)18(20)21/h3-4,9,11,16H,5-8,10H2,1-2H3. The fraction of sp³-hybridized carbons (Fsp3) is 0.533. The zero-order chi connectivity index (χ0) is 16.1. The van der Waals surface area contributed by atoms with Crippen LogP contribution < -0.4 is 10.1 Å². The number of likely N-dealkylation sites (tertiary alicyclic amines) is 1. The Labute approximate surface area is 129 Å². The van der Waals surface area contributed by atoms with E-state index in [1.807, 2.05) is 7.05 Å². The molecule has 0 aliphatic carbocycles. The highest BCUT2D eigenvalue weighted by Gasteiger charge is 2.28. The van der Waals surface area contributed by atoms with E-state index in [9.17, 15) is 14.9 Å². The Morgan fingerprint density at radius 3 is 2.68 bits per heavy atom. The highest BCUT2D eigenvalue weighted by Crippen LogP contribution is 2.27. The topological polar surface area (TPSA) is 84.7 Å². The third-order valence-corrected chi connectivity index (χ3v) is 4.03. The molecule has 1 heterocycles. The third-order valence-electron chi connectivity index (χ3n) is 4.03. The minimum atomic E-state index is -0.527. The lowest BCUT2D eigenvalue weighted by Crippen LogP contribution is -2.40. The first-order valence-corrected chi connectivity index (χ1v) is 7.33. The van der Waals surface area contributed by atoms with Gasteiger partial charge in [0.25, 0.3) is 11.6 Å². The lowest BCUT2D eigenvalue weighted by atomic mass is 9.96. The number of rotatable bonds is 5. The van der Waals surface area contributed by atoms with Crippen LogP contribution in [0, 0.1) is 16.0 Å². The molecule has 0 unspecified atom stereocenters. The van der Waals surface area contributed by atoms with E-state index in [4.69, 9.17) is 4.74 Å². The SMILES string of the molecule is CNCC1CCN(C(=O)c2cc(OC)ccc2[N+](=O)[O-])CC1. The fourth-order valence-electron chi connectivity index (χ4n) is 2.77. The van der Waals surface area contributed by atoms with E-state index in [0.717, 1.165) is 19.4 Å². The lowest BCUT2D eigenvalue weighted by molar-refractivity contribution is -0.385. The molecule has 1 aliphatic heterocycles. The van der Waals surface area contributed by atoms with Crippen LogP contribution in [0.4, 0.5) is 5.69 Å². The van der Waals surface area contributed by atoms with Crippen LogP contribution in [-0.2, 0) is 0 Å². The summed E-state index contributed by atoms with van der Waals surface area (Å²) in [6.45, 7) is 2.18. The molecule has 7 heteroatoms. The number of ether oxygens (including phenoxy) is 1. The van der Waals surface area contributed by atoms with Crippen molar-refractivity contribution in [3.05, 3.63) is 33.9 Å². The molecule has 0 aromatic heterocycles. The largest absolute Gasteiger partial charge is 0.497 e. The predicted octanol–water partition coefficient (Wildman–Crippen LogP) is 1.67. The van der Waals surface area contributed by atoms with Crippen LogP contribution in [-0.4, -0.2) is 49.5 Å². The molecule has 1 aromatic carbocycles. The smallest absolute Gasteiger partial charge is 0.282 e. The number of nitro groups is 1. The Kier molecular flexibility index (Phi) is 5.32. The normalized spacial score (nSPS) is 15.6. The summed E-state index contributed by atoms with van der Waals surface area (Å²) in [7, 11) is 3.38. The summed E-state index contributed by atoms with van der Waals surface area (Å²) >= 11 is 0. The maximum atomic E-state index is 12.6. The quantitative estimate of drug-likeness (QED) is 0.661. The maximum Gasteiger partial charge on any atom is 0.282 e. The van der Waals surface area contributed by atoms with Gasteiger partial charge in [-0.05, 0) is 44.5 Å². The minimum Gasteiger partial charge on any atom is -0.497 e. The second kappa shape index (κ2) is 7.22. The van der Waals surface area contributed by atoms with E-state index in [2.05, 4.69) is 5.32 Å². The molecule has 0 spiro atoms. The first-order chi connectivity index (χ1) is 10.6. The number of amides is 1. The van der Waals surface area contributed by atoms with Crippen molar-refractivity contribution in [2.24, 2.45) is 5.92 Å². The number of carbonyl (C=O) groups is 1. The predicted molar refractivity (Wildman–Crippen MR) is 82.2 cm³/mol. The van der Waals surface area contributed by atoms with Gasteiger partial charge in [-0.15, -0.1) is 0 Å². The number of nitrogens with one attached hydrogen (secondary N) is 1. The van der Waals surface area contributed by atoms with Gasteiger partial charge in [0.15, 0.2) is 0 Å². The molecule has 2 rings (SSSR count). The molecule has 1 amide bonds. The van der Waals surface area contributed by atoms with Crippen molar-refractivity contribution < 1.29 is 14.5 Å². The van der Waals surface area contributed by atoms with Crippen molar-refractivity contribution in [1.82, 2.24) is 10.2 Å². The number of nitro benzene ring substituents is 1. The second-order valence-corrected chi connectivity index (χ2v) is 5.43. The van der Waals surface area contributed by atoms with Gasteiger partial charge in [-0.1, -0.05) is 0 Å². The zero-order valence-electron chi connectivity index (χ0n) is 12.9. The summed E-state index contributed by atoms with van der Waals surface area (Å²) in [4.78, 5) is 24.9. The van der Waals surface area contributed by atoms with E-state index in [0.29, 0.717) is 24.8 Å². The Hall–Kier alpha value is -2.15. The first kappa shape index (κ1) is 16.2. The maximum absolute atomic E-state index is 12.6. The molecule has 0 saturated carbocycles. The number of piperidine rings is 1. The van der Waals surface area contributed by atoms with Gasteiger partial charge in [0.2, 0.25) is 0 Å². The van der Waals surface area contributed by atoms with E-state index in [-0.39, 0.29) is 17.2 Å². The summed E-state index contributed by atoms with van der Waals surface area (Å²) in [5.41, 5.74) is -0.0837. The summed E-state index contributed by atoms with van der Waals surface area (Å²) in [6.07, 6.45) is 1.81. The summed E-state index contributed by atoms with van der Waals surface area (Å²) < 4.78 is 5.07. The molecule has 1 aliphatic rings. The van der Waals surface area contributed by atoms with Crippen LogP contribution in [0.2, 0.25) is 0 Å². The monoisotopic (exact) mass is 307 g/mol. The number of carbonyl (C=O) groups excluding carboxylic acids is 1. The van der Waals surface area contributed by atoms with E-state index < -0.39 is 4.92 Å². The van der Waals surface area contributed by atoms with Crippen LogP contribution in [0.15, 0.2) is 18.2 Å². The van der Waals surface area contributed by atoms with E-state index in [1.165, 1.54) is 25.3 Å². The molecule has 22 heavy (non-hydrogen) atoms. The molecule has 1 fully saturated rings. The highest BCUT2D eigenvalue weighted by molar-refractivity contribution is 5.98. The zero-order valence-corrected chi connectivity index (χ0v) is 12.9. The summed E-state index contributed by atoms with van der Waals surface area (Å²) in [5, 5.41) is 14.3. The first-order valence-electron chi connectivity index (χ1n) is 7.33. The number of benzene rings is 1. The Morgan fingerprint density at radius 1 is 1.45 bits per heavy atom. The van der Waals surface area contributed by atoms with Gasteiger partial charge in [0.05, 0.1) is 12.0 Å². The summed E-state index contributed by atoms with van der Waals surface area (Å²) in [5.74, 6) is 0.696. The van der Waals surface area contributed by atoms with Gasteiger partial charge in [-0.2, -0.15) is 0 Å². The number of hydrogen-bond acceptors (Lipinski definition) is 5. The van der Waals surface area contributed by atoms with Crippen molar-refractivity contribution in [2.45, 2.75) is 12.8 Å². The summed E-state index contributed by atoms with van der Waals surface area (Å²) in [6, 6.07) is 4.26. The van der Waals surface area contributed by atoms with Crippen LogP contribution >= 0.6 is 0 Å². The molecular formula is C15H21N3O4. The van der Waals surface area contributed by atoms with Crippen LogP contribution in [0.1, 0.15) is 23.2 Å². The molecule has 7 nitrogen and oxygen atoms in total. The molecule has 0 atom stereocenters. The molecule has 0 radical (unpaired) electrons. The highest BCUT2D eigenvalue weighted by atomic mass is 16.6. The van der Waals surface area contributed by atoms with Crippen molar-refractivity contribution in [3.63, 3.8) is 0 Å². The Bertz CT molecular complexity index is 554. The molecule has 120 valence electrons. The van der Waals surface area contributed by atoms with E-state index >= 15 is 0 Å². The number of hydrogen-bond donors (Lipinski definition) is 1. The van der Waals surface area contributed by atoms with Gasteiger partial charge < -0.3 is 15.0 Å². The van der Waals surface area contributed by atoms with Gasteiger partial charge >= 0.3 is 0 Å². The van der Waals surface area contributed by atoms with Crippen molar-refractivity contribution in [1.29, 1.82) is 0 Å². The van der Waals surface area contributed by atoms with Gasteiger partial charge in [0, 0.05) is 19.2 Å². The van der Waals surface area contributed by atoms with Crippen LogP contribution in [0.5, 0.6) is 5.75 Å². The van der Waals surface area contributed by atoms with Crippen LogP contribution in [0.3, 0.4) is 0 Å². The van der Waals surface area contributed by atoms with Crippen LogP contribution in [0.25, 0.3) is 0 Å². The number of methoxy groups -OCH3 is 1. The average Bonchev–Trinajstić information content (AvgIpc) is 2.54. The molecule has 0 bridgehead atoms. The third kappa shape index (κ3) is 3.54. The minimum absolute atomic E-state index is 0.0939. The molecule has 1 saturated heterocycles. The van der Waals surface area contributed by atoms with Gasteiger partial charge in [-0.25, -0.2) is 0 Å². The van der Waals surface area contributed by atoms with Crippen molar-refractivity contribution in [3.8, 4) is 5.75 Å². The van der Waals surface area contributed by atoms with Crippen molar-refractivity contribution in [2.75, 3.05) is 33.8 Å². The van der Waals surface area contributed by atoms with Gasteiger partial charge in [-0.3, -0.25) is 14.9 Å². The molecule has 1 N–H and O–H groups in total. The molecule has 1 aromatic rings.